The number of halogens is 1. The van der Waals surface area contributed by atoms with Crippen LogP contribution in [0.3, 0.4) is 0 Å². The van der Waals surface area contributed by atoms with Gasteiger partial charge in [0.15, 0.2) is 0 Å². The lowest BCUT2D eigenvalue weighted by Gasteiger charge is -2.21. The molecular weight excluding hydrogens is 249 g/mol. The van der Waals surface area contributed by atoms with Crippen molar-refractivity contribution < 1.29 is 0 Å². The summed E-state index contributed by atoms with van der Waals surface area (Å²) in [5, 5.41) is 0. The number of hydrogen-bond acceptors (Lipinski definition) is 1. The molecule has 0 saturated heterocycles. The number of hydrogen-bond donors (Lipinski definition) is 1. The average Bonchev–Trinajstić information content (AvgIpc) is 1.86. The summed E-state index contributed by atoms with van der Waals surface area (Å²) in [5.74, 6) is 2.47. The van der Waals surface area contributed by atoms with Gasteiger partial charge in [-0.2, -0.15) is 0 Å². The molecule has 0 aromatic carbocycles. The van der Waals surface area contributed by atoms with Crippen LogP contribution in [0.5, 0.6) is 0 Å². The molecule has 0 amide bonds. The largest absolute Gasteiger partial charge is 0.261 e. The molecule has 11 heavy (non-hydrogen) atoms. The Morgan fingerprint density at radius 1 is 1.18 bits per heavy atom. The van der Waals surface area contributed by atoms with E-state index in [1.165, 1.54) is 6.42 Å². The van der Waals surface area contributed by atoms with Crippen LogP contribution in [0.25, 0.3) is 0 Å². The van der Waals surface area contributed by atoms with E-state index in [1.807, 2.05) is 0 Å². The lowest BCUT2D eigenvalue weighted by Crippen LogP contribution is -2.21. The molecule has 1 nitrogen and oxygen atoms in total. The summed E-state index contributed by atoms with van der Waals surface area (Å²) in [5.41, 5.74) is 0. The second-order valence-corrected chi connectivity index (χ2v) is 4.73. The summed E-state index contributed by atoms with van der Waals surface area (Å²) >= 11 is 2.23. The molecular formula is C9H20IN. The van der Waals surface area contributed by atoms with Gasteiger partial charge >= 0.3 is 0 Å². The highest BCUT2D eigenvalue weighted by atomic mass is 127. The highest BCUT2D eigenvalue weighted by Gasteiger charge is 2.13. The molecule has 0 spiro atoms. The topological polar surface area (TPSA) is 12.0 Å². The zero-order chi connectivity index (χ0) is 8.85. The summed E-state index contributed by atoms with van der Waals surface area (Å²) in [4.78, 5) is 0. The van der Waals surface area contributed by atoms with Gasteiger partial charge in [0, 0.05) is 29.4 Å². The monoisotopic (exact) mass is 269 g/mol. The second kappa shape index (κ2) is 6.23. The average molecular weight is 269 g/mol. The Hall–Kier alpha value is 0.690. The molecule has 0 aliphatic carbocycles. The quantitative estimate of drug-likeness (QED) is 0.596. The summed E-state index contributed by atoms with van der Waals surface area (Å²) in [7, 11) is 0. The molecule has 2 heteroatoms. The Morgan fingerprint density at radius 3 is 2.00 bits per heavy atom. The van der Waals surface area contributed by atoms with Crippen LogP contribution in [0.2, 0.25) is 0 Å². The third kappa shape index (κ3) is 5.91. The Bertz CT molecular complexity index is 91.6. The highest BCUT2D eigenvalue weighted by molar-refractivity contribution is 14.1. The summed E-state index contributed by atoms with van der Waals surface area (Å²) in [6, 6.07) is 0. The van der Waals surface area contributed by atoms with Crippen molar-refractivity contribution in [3.63, 3.8) is 0 Å². The summed E-state index contributed by atoms with van der Waals surface area (Å²) < 4.78 is 3.22. The SMILES string of the molecule is CC(C)CC(CNI)C(C)C. The van der Waals surface area contributed by atoms with Crippen LogP contribution >= 0.6 is 22.9 Å². The maximum absolute atomic E-state index is 3.22. The molecule has 0 radical (unpaired) electrons. The van der Waals surface area contributed by atoms with E-state index >= 15 is 0 Å². The molecule has 68 valence electrons. The van der Waals surface area contributed by atoms with Crippen LogP contribution in [0.4, 0.5) is 0 Å². The number of rotatable bonds is 5. The van der Waals surface area contributed by atoms with Gasteiger partial charge in [0.25, 0.3) is 0 Å². The van der Waals surface area contributed by atoms with E-state index in [4.69, 9.17) is 0 Å². The fourth-order valence-corrected chi connectivity index (χ4v) is 1.86. The van der Waals surface area contributed by atoms with E-state index in [9.17, 15) is 0 Å². The Kier molecular flexibility index (Phi) is 6.62. The molecule has 0 heterocycles. The van der Waals surface area contributed by atoms with Gasteiger partial charge in [0.1, 0.15) is 0 Å². The molecule has 1 atom stereocenters. The van der Waals surface area contributed by atoms with Crippen LogP contribution in [-0.4, -0.2) is 6.54 Å². The third-order valence-electron chi connectivity index (χ3n) is 2.06. The van der Waals surface area contributed by atoms with E-state index in [0.717, 1.165) is 24.3 Å². The van der Waals surface area contributed by atoms with E-state index in [-0.39, 0.29) is 0 Å². The van der Waals surface area contributed by atoms with Gasteiger partial charge in [-0.3, -0.25) is 3.53 Å². The minimum atomic E-state index is 0.805. The van der Waals surface area contributed by atoms with Gasteiger partial charge in [-0.15, -0.1) is 0 Å². The predicted octanol–water partition coefficient (Wildman–Crippen LogP) is 3.24. The van der Waals surface area contributed by atoms with Gasteiger partial charge in [-0.1, -0.05) is 27.7 Å². The van der Waals surface area contributed by atoms with Crippen molar-refractivity contribution in [3.8, 4) is 0 Å². The Morgan fingerprint density at radius 2 is 1.73 bits per heavy atom. The first-order valence-electron chi connectivity index (χ1n) is 4.41. The molecule has 0 aromatic heterocycles. The normalized spacial score (nSPS) is 14.5. The Balaban J connectivity index is 3.69. The van der Waals surface area contributed by atoms with Crippen LogP contribution < -0.4 is 3.53 Å². The maximum atomic E-state index is 3.22. The van der Waals surface area contributed by atoms with Gasteiger partial charge in [0.2, 0.25) is 0 Å². The van der Waals surface area contributed by atoms with Crippen molar-refractivity contribution >= 4 is 22.9 Å². The zero-order valence-corrected chi connectivity index (χ0v) is 10.2. The number of nitrogens with one attached hydrogen (secondary N) is 1. The smallest absolute Gasteiger partial charge is 0.0169 e. The molecule has 0 aromatic rings. The first kappa shape index (κ1) is 11.7. The van der Waals surface area contributed by atoms with Crippen molar-refractivity contribution in [3.05, 3.63) is 0 Å². The zero-order valence-electron chi connectivity index (χ0n) is 8.02. The maximum Gasteiger partial charge on any atom is 0.0169 e. The van der Waals surface area contributed by atoms with Crippen LogP contribution in [0.15, 0.2) is 0 Å². The van der Waals surface area contributed by atoms with Crippen LogP contribution in [-0.2, 0) is 0 Å². The summed E-state index contributed by atoms with van der Waals surface area (Å²) in [6.07, 6.45) is 1.34. The first-order chi connectivity index (χ1) is 5.07. The van der Waals surface area contributed by atoms with E-state index < -0.39 is 0 Å². The van der Waals surface area contributed by atoms with E-state index in [2.05, 4.69) is 54.1 Å². The van der Waals surface area contributed by atoms with Crippen molar-refractivity contribution in [2.75, 3.05) is 6.54 Å². The fourth-order valence-electron chi connectivity index (χ4n) is 1.30. The molecule has 0 saturated carbocycles. The molecule has 1 unspecified atom stereocenters. The third-order valence-corrected chi connectivity index (χ3v) is 2.50. The van der Waals surface area contributed by atoms with Crippen LogP contribution in [0.1, 0.15) is 34.1 Å². The van der Waals surface area contributed by atoms with Crippen molar-refractivity contribution in [1.82, 2.24) is 3.53 Å². The van der Waals surface area contributed by atoms with Crippen LogP contribution in [0, 0.1) is 17.8 Å². The molecule has 1 N–H and O–H groups in total. The van der Waals surface area contributed by atoms with E-state index in [0.29, 0.717) is 0 Å². The van der Waals surface area contributed by atoms with Gasteiger partial charge < -0.3 is 0 Å². The van der Waals surface area contributed by atoms with Crippen molar-refractivity contribution in [1.29, 1.82) is 0 Å². The lowest BCUT2D eigenvalue weighted by atomic mass is 9.88. The predicted molar refractivity (Wildman–Crippen MR) is 59.8 cm³/mol. The molecule has 0 aliphatic rings. The second-order valence-electron chi connectivity index (χ2n) is 3.97. The summed E-state index contributed by atoms with van der Waals surface area (Å²) in [6.45, 7) is 10.4. The van der Waals surface area contributed by atoms with Gasteiger partial charge in [-0.25, -0.2) is 0 Å². The van der Waals surface area contributed by atoms with Gasteiger partial charge in [0.05, 0.1) is 0 Å². The van der Waals surface area contributed by atoms with Crippen molar-refractivity contribution in [2.45, 2.75) is 34.1 Å². The minimum absolute atomic E-state index is 0.805. The van der Waals surface area contributed by atoms with Crippen molar-refractivity contribution in [2.24, 2.45) is 17.8 Å². The molecule has 0 rings (SSSR count). The lowest BCUT2D eigenvalue weighted by molar-refractivity contribution is 0.321. The van der Waals surface area contributed by atoms with E-state index in [1.54, 1.807) is 0 Å². The molecule has 0 fully saturated rings. The Labute approximate surface area is 84.8 Å². The highest BCUT2D eigenvalue weighted by Crippen LogP contribution is 2.19. The first-order valence-corrected chi connectivity index (χ1v) is 5.49. The fraction of sp³-hybridized carbons (Fsp3) is 1.00. The standard InChI is InChI=1S/C9H20IN/c1-7(2)5-9(6-11-10)8(3)4/h7-9,11H,5-6H2,1-4H3. The molecule has 0 bridgehead atoms. The van der Waals surface area contributed by atoms with Gasteiger partial charge in [-0.05, 0) is 24.2 Å². The minimum Gasteiger partial charge on any atom is -0.261 e. The molecule has 0 aliphatic heterocycles.